The highest BCUT2D eigenvalue weighted by molar-refractivity contribution is 5.93. The maximum absolute atomic E-state index is 5.39. The van der Waals surface area contributed by atoms with Gasteiger partial charge in [0, 0.05) is 18.3 Å². The number of ether oxygens (including phenoxy) is 2. The van der Waals surface area contributed by atoms with Crippen molar-refractivity contribution < 1.29 is 9.47 Å². The zero-order valence-corrected chi connectivity index (χ0v) is 11.0. The molecular weight excluding hydrogens is 232 g/mol. The molecule has 0 fully saturated rings. The summed E-state index contributed by atoms with van der Waals surface area (Å²) in [6.45, 7) is 2.76. The van der Waals surface area contributed by atoms with E-state index in [9.17, 15) is 0 Å². The van der Waals surface area contributed by atoms with Crippen LogP contribution in [0, 0.1) is 0 Å². The summed E-state index contributed by atoms with van der Waals surface area (Å²) in [7, 11) is 3.19. The van der Waals surface area contributed by atoms with E-state index in [1.54, 1.807) is 14.2 Å². The molecular formula is C12H20N4O2. The predicted octanol–water partition coefficient (Wildman–Crippen LogP) is 1.34. The van der Waals surface area contributed by atoms with Gasteiger partial charge in [0.25, 0.3) is 0 Å². The smallest absolute Gasteiger partial charge is 0.210 e. The summed E-state index contributed by atoms with van der Waals surface area (Å²) in [6, 6.07) is 5.49. The average Bonchev–Trinajstić information content (AvgIpc) is 2.43. The van der Waals surface area contributed by atoms with Crippen molar-refractivity contribution in [3.05, 3.63) is 18.2 Å². The fraction of sp³-hybridized carbons (Fsp3) is 0.417. The highest BCUT2D eigenvalue weighted by atomic mass is 16.5. The van der Waals surface area contributed by atoms with Gasteiger partial charge in [-0.25, -0.2) is 5.84 Å². The minimum atomic E-state index is 0.518. The normalized spacial score (nSPS) is 11.0. The molecule has 0 unspecified atom stereocenters. The van der Waals surface area contributed by atoms with Crippen molar-refractivity contribution in [2.45, 2.75) is 13.3 Å². The molecule has 0 aromatic heterocycles. The van der Waals surface area contributed by atoms with E-state index >= 15 is 0 Å². The Kier molecular flexibility index (Phi) is 5.79. The van der Waals surface area contributed by atoms with Gasteiger partial charge in [-0.15, -0.1) is 0 Å². The molecule has 6 nitrogen and oxygen atoms in total. The summed E-state index contributed by atoms with van der Waals surface area (Å²) >= 11 is 0. The number of nitrogens with zero attached hydrogens (tertiary/aromatic N) is 1. The lowest BCUT2D eigenvalue weighted by Gasteiger charge is -2.12. The summed E-state index contributed by atoms with van der Waals surface area (Å²) in [5.74, 6) is 7.23. The Hall–Kier alpha value is -1.95. The predicted molar refractivity (Wildman–Crippen MR) is 73.1 cm³/mol. The third-order valence-corrected chi connectivity index (χ3v) is 2.28. The molecule has 100 valence electrons. The topological polar surface area (TPSA) is 80.9 Å². The molecule has 0 heterocycles. The minimum absolute atomic E-state index is 0.518. The number of rotatable bonds is 5. The first-order chi connectivity index (χ1) is 8.74. The van der Waals surface area contributed by atoms with E-state index in [1.165, 1.54) is 0 Å². The van der Waals surface area contributed by atoms with Gasteiger partial charge in [0.2, 0.25) is 5.96 Å². The number of hydrazine groups is 1. The first kappa shape index (κ1) is 14.1. The molecule has 0 saturated carbocycles. The van der Waals surface area contributed by atoms with Gasteiger partial charge in [-0.3, -0.25) is 10.4 Å². The van der Waals surface area contributed by atoms with Crippen molar-refractivity contribution in [2.24, 2.45) is 10.8 Å². The molecule has 0 bridgehead atoms. The van der Waals surface area contributed by atoms with Crippen LogP contribution in [0.5, 0.6) is 11.5 Å². The molecule has 0 aliphatic rings. The van der Waals surface area contributed by atoms with Crippen molar-refractivity contribution in [1.29, 1.82) is 0 Å². The number of nitrogens with one attached hydrogen (secondary N) is 2. The van der Waals surface area contributed by atoms with Crippen molar-refractivity contribution in [2.75, 3.05) is 26.1 Å². The third kappa shape index (κ3) is 3.81. The second kappa shape index (κ2) is 7.39. The molecule has 0 amide bonds. The molecule has 4 N–H and O–H groups in total. The first-order valence-corrected chi connectivity index (χ1v) is 5.75. The van der Waals surface area contributed by atoms with Gasteiger partial charge in [-0.05, 0) is 18.6 Å². The standard InChI is InChI=1S/C12H20N4O2/c1-4-7-14-12(16-13)15-9-5-6-10(17-2)11(8-9)18-3/h5-6,8H,4,7,13H2,1-3H3,(H2,14,15,16). The Bertz CT molecular complexity index is 407. The van der Waals surface area contributed by atoms with Gasteiger partial charge in [0.1, 0.15) is 0 Å². The highest BCUT2D eigenvalue weighted by Gasteiger charge is 2.05. The second-order valence-electron chi connectivity index (χ2n) is 3.57. The van der Waals surface area contributed by atoms with Crippen molar-refractivity contribution in [1.82, 2.24) is 5.43 Å². The van der Waals surface area contributed by atoms with Crippen molar-refractivity contribution in [3.63, 3.8) is 0 Å². The van der Waals surface area contributed by atoms with Crippen LogP contribution < -0.4 is 26.1 Å². The van der Waals surface area contributed by atoms with Gasteiger partial charge >= 0.3 is 0 Å². The maximum Gasteiger partial charge on any atom is 0.210 e. The lowest BCUT2D eigenvalue weighted by atomic mass is 10.3. The Morgan fingerprint density at radius 3 is 2.56 bits per heavy atom. The van der Waals surface area contributed by atoms with Crippen molar-refractivity contribution >= 4 is 11.6 Å². The summed E-state index contributed by atoms with van der Waals surface area (Å²) in [4.78, 5) is 4.25. The monoisotopic (exact) mass is 252 g/mol. The Morgan fingerprint density at radius 1 is 1.28 bits per heavy atom. The lowest BCUT2D eigenvalue weighted by Crippen LogP contribution is -2.36. The van der Waals surface area contributed by atoms with Crippen LogP contribution in [0.2, 0.25) is 0 Å². The molecule has 0 spiro atoms. The van der Waals surface area contributed by atoms with Crippen molar-refractivity contribution in [3.8, 4) is 11.5 Å². The fourth-order valence-corrected chi connectivity index (χ4v) is 1.40. The van der Waals surface area contributed by atoms with Gasteiger partial charge < -0.3 is 14.8 Å². The van der Waals surface area contributed by atoms with Crippen LogP contribution >= 0.6 is 0 Å². The first-order valence-electron chi connectivity index (χ1n) is 5.75. The number of hydrogen-bond donors (Lipinski definition) is 3. The highest BCUT2D eigenvalue weighted by Crippen LogP contribution is 2.29. The van der Waals surface area contributed by atoms with Crippen LogP contribution in [0.1, 0.15) is 13.3 Å². The number of hydrogen-bond acceptors (Lipinski definition) is 4. The van der Waals surface area contributed by atoms with E-state index in [1.807, 2.05) is 25.1 Å². The van der Waals surface area contributed by atoms with E-state index in [2.05, 4.69) is 15.7 Å². The summed E-state index contributed by atoms with van der Waals surface area (Å²) < 4.78 is 10.4. The number of aliphatic imine (C=N–C) groups is 1. The zero-order valence-electron chi connectivity index (χ0n) is 11.0. The van der Waals surface area contributed by atoms with Gasteiger partial charge in [-0.1, -0.05) is 6.92 Å². The summed E-state index contributed by atoms with van der Waals surface area (Å²) in [5, 5.41) is 3.07. The second-order valence-corrected chi connectivity index (χ2v) is 3.57. The van der Waals surface area contributed by atoms with Crippen LogP contribution in [0.4, 0.5) is 5.69 Å². The molecule has 0 radical (unpaired) electrons. The molecule has 0 aliphatic heterocycles. The van der Waals surface area contributed by atoms with E-state index in [0.717, 1.165) is 12.1 Å². The van der Waals surface area contributed by atoms with Crippen LogP contribution in [0.3, 0.4) is 0 Å². The molecule has 0 aliphatic carbocycles. The zero-order chi connectivity index (χ0) is 13.4. The maximum atomic E-state index is 5.39. The number of anilines is 1. The van der Waals surface area contributed by atoms with E-state index < -0.39 is 0 Å². The van der Waals surface area contributed by atoms with Gasteiger partial charge in [0.15, 0.2) is 11.5 Å². The molecule has 1 aromatic rings. The van der Waals surface area contributed by atoms with Gasteiger partial charge in [-0.2, -0.15) is 0 Å². The minimum Gasteiger partial charge on any atom is -0.493 e. The van der Waals surface area contributed by atoms with E-state index in [0.29, 0.717) is 24.0 Å². The van der Waals surface area contributed by atoms with E-state index in [-0.39, 0.29) is 0 Å². The van der Waals surface area contributed by atoms with Crippen LogP contribution in [-0.2, 0) is 0 Å². The van der Waals surface area contributed by atoms with Crippen LogP contribution in [0.15, 0.2) is 23.2 Å². The molecule has 1 rings (SSSR count). The number of methoxy groups -OCH3 is 2. The Labute approximate surface area is 107 Å². The molecule has 18 heavy (non-hydrogen) atoms. The summed E-state index contributed by atoms with van der Waals surface area (Å²) in [5.41, 5.74) is 3.34. The van der Waals surface area contributed by atoms with Crippen LogP contribution in [-0.4, -0.2) is 26.7 Å². The quantitative estimate of drug-likeness (QED) is 0.319. The number of guanidine groups is 1. The van der Waals surface area contributed by atoms with E-state index in [4.69, 9.17) is 15.3 Å². The SMILES string of the molecule is CCCN=C(NN)Nc1ccc(OC)c(OC)c1. The Balaban J connectivity index is 2.83. The largest absolute Gasteiger partial charge is 0.493 e. The molecule has 0 atom stereocenters. The molecule has 0 saturated heterocycles. The van der Waals surface area contributed by atoms with Gasteiger partial charge in [0.05, 0.1) is 14.2 Å². The molecule has 1 aromatic carbocycles. The molecule has 6 heteroatoms. The number of benzene rings is 1. The average molecular weight is 252 g/mol. The fourth-order valence-electron chi connectivity index (χ4n) is 1.40. The summed E-state index contributed by atoms with van der Waals surface area (Å²) in [6.07, 6.45) is 0.957. The Morgan fingerprint density at radius 2 is 2.00 bits per heavy atom. The third-order valence-electron chi connectivity index (χ3n) is 2.28. The number of nitrogens with two attached hydrogens (primary N) is 1. The lowest BCUT2D eigenvalue weighted by molar-refractivity contribution is 0.355. The van der Waals surface area contributed by atoms with Crippen LogP contribution in [0.25, 0.3) is 0 Å².